The van der Waals surface area contributed by atoms with Crippen molar-refractivity contribution >= 4 is 36.5 Å². The molecule has 5 heteroatoms. The van der Waals surface area contributed by atoms with Gasteiger partial charge in [-0.05, 0) is 0 Å². The van der Waals surface area contributed by atoms with Crippen LogP contribution in [0.4, 0.5) is 5.82 Å². The van der Waals surface area contributed by atoms with E-state index in [4.69, 9.17) is 5.73 Å². The van der Waals surface area contributed by atoms with Gasteiger partial charge >= 0.3 is 81.4 Å². The molecule has 2 heterocycles. The van der Waals surface area contributed by atoms with Crippen LogP contribution in [0.1, 0.15) is 0 Å². The van der Waals surface area contributed by atoms with E-state index in [0.717, 1.165) is 10.1 Å². The molecule has 0 aliphatic carbocycles. The van der Waals surface area contributed by atoms with Crippen molar-refractivity contribution in [2.75, 3.05) is 5.73 Å². The maximum absolute atomic E-state index is 5.75. The molecular weight excluding hydrogens is 231 g/mol. The fourth-order valence-electron chi connectivity index (χ4n) is 1.06. The van der Waals surface area contributed by atoms with Crippen molar-refractivity contribution < 1.29 is 0 Å². The summed E-state index contributed by atoms with van der Waals surface area (Å²) in [4.78, 5) is 12.6. The zero-order chi connectivity index (χ0) is 9.26. The molecule has 0 atom stereocenters. The summed E-state index contributed by atoms with van der Waals surface area (Å²) in [5.74, 6) is 2.58. The van der Waals surface area contributed by atoms with Crippen LogP contribution in [0.5, 0.6) is 0 Å². The van der Waals surface area contributed by atoms with Gasteiger partial charge in [0.1, 0.15) is 0 Å². The van der Waals surface area contributed by atoms with Crippen molar-refractivity contribution in [3.05, 3.63) is 18.3 Å². The van der Waals surface area contributed by atoms with Crippen molar-refractivity contribution in [3.8, 4) is 0 Å². The van der Waals surface area contributed by atoms with Gasteiger partial charge in [-0.3, -0.25) is 0 Å². The molecule has 0 aromatic carbocycles. The summed E-state index contributed by atoms with van der Waals surface area (Å²) in [5.41, 5.74) is 6.44. The van der Waals surface area contributed by atoms with Gasteiger partial charge in [0.2, 0.25) is 0 Å². The second kappa shape index (κ2) is 3.28. The van der Waals surface area contributed by atoms with E-state index in [2.05, 4.69) is 20.8 Å². The van der Waals surface area contributed by atoms with E-state index in [0.29, 0.717) is 11.5 Å². The van der Waals surface area contributed by atoms with Crippen molar-refractivity contribution in [2.24, 2.45) is 0 Å². The molecule has 0 saturated heterocycles. The van der Waals surface area contributed by atoms with Crippen LogP contribution in [-0.4, -0.2) is 29.9 Å². The van der Waals surface area contributed by atoms with E-state index in [9.17, 15) is 0 Å². The van der Waals surface area contributed by atoms with Crippen molar-refractivity contribution in [3.63, 3.8) is 0 Å². The molecule has 0 saturated carbocycles. The van der Waals surface area contributed by atoms with Gasteiger partial charge in [-0.2, -0.15) is 0 Å². The summed E-state index contributed by atoms with van der Waals surface area (Å²) in [6, 6.07) is 3.71. The van der Waals surface area contributed by atoms with Crippen LogP contribution in [0.2, 0.25) is 5.82 Å². The third kappa shape index (κ3) is 1.48. The van der Waals surface area contributed by atoms with Crippen molar-refractivity contribution in [1.82, 2.24) is 15.0 Å². The average Bonchev–Trinajstić information content (AvgIpc) is 2.18. The first-order valence-electron chi connectivity index (χ1n) is 3.73. The van der Waals surface area contributed by atoms with Crippen LogP contribution >= 0.6 is 0 Å². The Balaban J connectivity index is 2.77. The van der Waals surface area contributed by atoms with Crippen LogP contribution < -0.4 is 10.5 Å². The molecule has 0 spiro atoms. The number of nitrogen functional groups attached to an aromatic ring is 1. The Morgan fingerprint density at radius 2 is 2.23 bits per heavy atom. The standard InChI is InChI=1S/C8H8N4Se/c1-13-8-11-6(9)5-3-2-4-10-7(5)12-8/h2-4H,1H3,(H2,9,10,11,12). The minimum absolute atomic E-state index is 0.264. The molecule has 2 aromatic rings. The fraction of sp³-hybridized carbons (Fsp3) is 0.125. The molecule has 0 radical (unpaired) electrons. The third-order valence-electron chi connectivity index (χ3n) is 1.66. The SMILES string of the molecule is C[Se]c1nc(N)c2cccnc2n1. The third-order valence-corrected chi connectivity index (χ3v) is 2.81. The second-order valence-corrected chi connectivity index (χ2v) is 4.09. The van der Waals surface area contributed by atoms with Crippen LogP contribution in [0.3, 0.4) is 0 Å². The zero-order valence-corrected chi connectivity index (χ0v) is 8.77. The molecule has 2 N–H and O–H groups in total. The van der Waals surface area contributed by atoms with Gasteiger partial charge in [-0.1, -0.05) is 0 Å². The Labute approximate surface area is 81.8 Å². The van der Waals surface area contributed by atoms with Crippen LogP contribution in [0.25, 0.3) is 11.0 Å². The first-order valence-corrected chi connectivity index (χ1v) is 6.30. The quantitative estimate of drug-likeness (QED) is 0.710. The Morgan fingerprint density at radius 1 is 1.38 bits per heavy atom. The number of hydrogen-bond acceptors (Lipinski definition) is 4. The van der Waals surface area contributed by atoms with E-state index in [-0.39, 0.29) is 15.0 Å². The summed E-state index contributed by atoms with van der Waals surface area (Å²) in [7, 11) is 0. The number of anilines is 1. The van der Waals surface area contributed by atoms with E-state index in [1.165, 1.54) is 0 Å². The molecule has 0 bridgehead atoms. The van der Waals surface area contributed by atoms with E-state index in [1.54, 1.807) is 6.20 Å². The summed E-state index contributed by atoms with van der Waals surface area (Å²) in [6.45, 7) is 0. The van der Waals surface area contributed by atoms with Gasteiger partial charge in [0.05, 0.1) is 0 Å². The monoisotopic (exact) mass is 240 g/mol. The van der Waals surface area contributed by atoms with Crippen LogP contribution in [-0.2, 0) is 0 Å². The average molecular weight is 239 g/mol. The summed E-state index contributed by atoms with van der Waals surface area (Å²) in [6.07, 6.45) is 1.71. The molecular formula is C8H8N4Se. The van der Waals surface area contributed by atoms with Crippen LogP contribution in [0, 0.1) is 0 Å². The molecule has 66 valence electrons. The number of rotatable bonds is 1. The summed E-state index contributed by atoms with van der Waals surface area (Å²) in [5, 5.41) is 0.829. The Kier molecular flexibility index (Phi) is 2.12. The number of aromatic nitrogens is 3. The predicted molar refractivity (Wildman–Crippen MR) is 53.0 cm³/mol. The molecule has 2 rings (SSSR count). The van der Waals surface area contributed by atoms with E-state index < -0.39 is 0 Å². The van der Waals surface area contributed by atoms with E-state index >= 15 is 0 Å². The van der Waals surface area contributed by atoms with Gasteiger partial charge in [-0.25, -0.2) is 0 Å². The normalized spacial score (nSPS) is 10.5. The zero-order valence-electron chi connectivity index (χ0n) is 7.06. The fourth-order valence-corrected chi connectivity index (χ4v) is 1.83. The minimum atomic E-state index is 0.264. The van der Waals surface area contributed by atoms with Gasteiger partial charge in [0, 0.05) is 0 Å². The summed E-state index contributed by atoms with van der Waals surface area (Å²) < 4.78 is 0.802. The van der Waals surface area contributed by atoms with Gasteiger partial charge < -0.3 is 0 Å². The number of pyridine rings is 1. The second-order valence-electron chi connectivity index (χ2n) is 2.47. The first-order chi connectivity index (χ1) is 6.31. The summed E-state index contributed by atoms with van der Waals surface area (Å²) >= 11 is 0.264. The Bertz CT molecular complexity index is 443. The molecule has 0 fully saturated rings. The van der Waals surface area contributed by atoms with Crippen molar-refractivity contribution in [2.45, 2.75) is 5.82 Å². The maximum atomic E-state index is 5.75. The van der Waals surface area contributed by atoms with Gasteiger partial charge in [0.15, 0.2) is 0 Å². The molecule has 2 aromatic heterocycles. The first kappa shape index (κ1) is 8.41. The molecule has 4 nitrogen and oxygen atoms in total. The topological polar surface area (TPSA) is 64.7 Å². The molecule has 0 aliphatic rings. The number of hydrogen-bond donors (Lipinski definition) is 1. The molecule has 13 heavy (non-hydrogen) atoms. The van der Waals surface area contributed by atoms with Crippen molar-refractivity contribution in [1.29, 1.82) is 0 Å². The molecule has 0 aliphatic heterocycles. The van der Waals surface area contributed by atoms with Crippen LogP contribution in [0.15, 0.2) is 18.3 Å². The number of nitrogens with zero attached hydrogens (tertiary/aromatic N) is 3. The Hall–Kier alpha value is -1.19. The van der Waals surface area contributed by atoms with Gasteiger partial charge in [0.25, 0.3) is 0 Å². The number of fused-ring (bicyclic) bond motifs is 1. The number of nitrogens with two attached hydrogens (primary N) is 1. The van der Waals surface area contributed by atoms with Gasteiger partial charge in [-0.15, -0.1) is 0 Å². The molecule has 0 unspecified atom stereocenters. The Morgan fingerprint density at radius 3 is 3.00 bits per heavy atom. The van der Waals surface area contributed by atoms with E-state index in [1.807, 2.05) is 12.1 Å². The predicted octanol–water partition coefficient (Wildman–Crippen LogP) is -0.0154. The molecule has 0 amide bonds.